The first kappa shape index (κ1) is 24.2. The molecule has 2 N–H and O–H groups in total. The molecule has 0 aliphatic rings. The summed E-state index contributed by atoms with van der Waals surface area (Å²) in [5.74, 6) is -0.988. The van der Waals surface area contributed by atoms with Gasteiger partial charge in [0.25, 0.3) is 0 Å². The van der Waals surface area contributed by atoms with Gasteiger partial charge < -0.3 is 8.80 Å². The molecule has 0 aromatic rings. The zero-order valence-corrected chi connectivity index (χ0v) is 16.2. The fraction of sp³-hybridized carbons (Fsp3) is 0.500. The van der Waals surface area contributed by atoms with Gasteiger partial charge in [0.05, 0.1) is 0 Å². The number of rotatable bonds is 1. The van der Waals surface area contributed by atoms with Crippen molar-refractivity contribution in [2.24, 2.45) is 0 Å². The first-order valence-electron chi connectivity index (χ1n) is 1.67. The summed E-state index contributed by atoms with van der Waals surface area (Å²) >= 11 is 0. The van der Waals surface area contributed by atoms with Crippen LogP contribution in [0.1, 0.15) is 11.2 Å². The second kappa shape index (κ2) is 12.0. The minimum absolute atomic E-state index is 0. The summed E-state index contributed by atoms with van der Waals surface area (Å²) in [4.78, 5) is 25.5. The average molecular weight is 244 g/mol. The van der Waals surface area contributed by atoms with E-state index in [0.29, 0.717) is 0 Å². The van der Waals surface area contributed by atoms with Gasteiger partial charge in [-0.15, -0.1) is 0 Å². The molecular formula is C2H8K2NaO5P. The van der Waals surface area contributed by atoms with E-state index in [1.54, 1.807) is 0 Å². The number of hydrogen-bond donors (Lipinski definition) is 2. The minimum atomic E-state index is -4.57. The van der Waals surface area contributed by atoms with Crippen LogP contribution in [0.3, 0.4) is 0 Å². The van der Waals surface area contributed by atoms with Crippen molar-refractivity contribution in [1.82, 2.24) is 0 Å². The van der Waals surface area contributed by atoms with Crippen LogP contribution in [0.15, 0.2) is 0 Å². The molecule has 9 heteroatoms. The minimum Gasteiger partial charge on any atom is -1.00 e. The summed E-state index contributed by atoms with van der Waals surface area (Å²) in [5.41, 5.74) is 0. The van der Waals surface area contributed by atoms with E-state index in [0.717, 1.165) is 6.92 Å². The molecule has 0 spiro atoms. The van der Waals surface area contributed by atoms with Gasteiger partial charge in [-0.25, -0.2) is 4.57 Å². The molecule has 0 atom stereocenters. The van der Waals surface area contributed by atoms with Crippen molar-refractivity contribution in [3.63, 3.8) is 0 Å². The Labute approximate surface area is 176 Å². The molecule has 0 unspecified atom stereocenters. The van der Waals surface area contributed by atoms with Crippen LogP contribution in [-0.4, -0.2) is 15.8 Å². The average Bonchev–Trinajstić information content (AvgIpc) is 1.21. The molecule has 0 rings (SSSR count). The number of carbonyl (C=O) groups is 1. The van der Waals surface area contributed by atoms with E-state index >= 15 is 0 Å². The summed E-state index contributed by atoms with van der Waals surface area (Å²) in [6, 6.07) is 0. The van der Waals surface area contributed by atoms with Crippen molar-refractivity contribution in [3.05, 3.63) is 0 Å². The SMILES string of the molecule is CC(=O)OP(=O)(O)O.[H-].[H-].[H-].[K+].[K+].[Na+]. The van der Waals surface area contributed by atoms with Gasteiger partial charge in [-0.3, -0.25) is 14.6 Å². The first-order chi connectivity index (χ1) is 3.42. The van der Waals surface area contributed by atoms with E-state index in [-0.39, 0.29) is 137 Å². The van der Waals surface area contributed by atoms with Crippen LogP contribution in [-0.2, 0) is 13.9 Å². The molecule has 5 nitrogen and oxygen atoms in total. The molecule has 0 amide bonds. The molecule has 0 radical (unpaired) electrons. The Bertz CT molecular complexity index is 156. The van der Waals surface area contributed by atoms with Gasteiger partial charge in [0.1, 0.15) is 0 Å². The Hall–Kier alpha value is 3.89. The maximum Gasteiger partial charge on any atom is 1.00 e. The van der Waals surface area contributed by atoms with Crippen LogP contribution in [0.4, 0.5) is 0 Å². The van der Waals surface area contributed by atoms with Crippen LogP contribution in [0.2, 0.25) is 0 Å². The molecule has 0 aliphatic heterocycles. The third-order valence-corrected chi connectivity index (χ3v) is 0.742. The van der Waals surface area contributed by atoms with Crippen molar-refractivity contribution in [3.8, 4) is 0 Å². The molecule has 0 bridgehead atoms. The van der Waals surface area contributed by atoms with E-state index in [1.165, 1.54) is 0 Å². The number of phosphoric acid groups is 1. The standard InChI is InChI=1S/C2H5O5P.2K.Na.3H/c1-2(3)7-8(4,5)6;;;;;;/h1H3,(H2,4,5,6);;;;;;/q;3*+1;3*-1. The maximum atomic E-state index is 9.74. The topological polar surface area (TPSA) is 83.8 Å². The summed E-state index contributed by atoms with van der Waals surface area (Å²) < 4.78 is 13.2. The van der Waals surface area contributed by atoms with Crippen molar-refractivity contribution in [2.45, 2.75) is 6.92 Å². The van der Waals surface area contributed by atoms with Crippen LogP contribution in [0.5, 0.6) is 0 Å². The van der Waals surface area contributed by atoms with Crippen molar-refractivity contribution >= 4 is 13.8 Å². The molecule has 0 aliphatic carbocycles. The zero-order valence-electron chi connectivity index (χ0n) is 10.1. The smallest absolute Gasteiger partial charge is 1.00 e. The van der Waals surface area contributed by atoms with Gasteiger partial charge in [-0.2, -0.15) is 0 Å². The van der Waals surface area contributed by atoms with Crippen LogP contribution in [0, 0.1) is 0 Å². The summed E-state index contributed by atoms with van der Waals surface area (Å²) in [7, 11) is -4.57. The fourth-order valence-electron chi connectivity index (χ4n) is 0.167. The molecule has 54 valence electrons. The maximum absolute atomic E-state index is 9.74. The van der Waals surface area contributed by atoms with Crippen LogP contribution >= 0.6 is 7.82 Å². The van der Waals surface area contributed by atoms with Crippen LogP contribution < -0.4 is 132 Å². The zero-order chi connectivity index (χ0) is 6.78. The number of carbonyl (C=O) groups excluding carboxylic acids is 1. The second-order valence-electron chi connectivity index (χ2n) is 1.07. The Balaban J connectivity index is -0.0000000163. The van der Waals surface area contributed by atoms with Crippen molar-refractivity contribution in [1.29, 1.82) is 0 Å². The second-order valence-corrected chi connectivity index (χ2v) is 2.24. The number of phosphoric ester groups is 1. The Morgan fingerprint density at radius 3 is 1.73 bits per heavy atom. The molecule has 0 saturated carbocycles. The Morgan fingerprint density at radius 1 is 1.45 bits per heavy atom. The first-order valence-corrected chi connectivity index (χ1v) is 3.20. The van der Waals surface area contributed by atoms with Gasteiger partial charge in [0.15, 0.2) is 0 Å². The Morgan fingerprint density at radius 2 is 1.73 bits per heavy atom. The molecule has 0 heterocycles. The van der Waals surface area contributed by atoms with Gasteiger partial charge in [-0.1, -0.05) is 0 Å². The predicted molar refractivity (Wildman–Crippen MR) is 27.1 cm³/mol. The summed E-state index contributed by atoms with van der Waals surface area (Å²) in [6.45, 7) is 0.916. The largest absolute Gasteiger partial charge is 1.00 e. The van der Waals surface area contributed by atoms with Gasteiger partial charge in [0.2, 0.25) is 0 Å². The predicted octanol–water partition coefficient (Wildman–Crippen LogP) is -9.01. The fourth-order valence-corrected chi connectivity index (χ4v) is 0.502. The molecular weight excluding hydrogens is 236 g/mol. The number of hydrogen-bond acceptors (Lipinski definition) is 3. The molecule has 0 saturated heterocycles. The van der Waals surface area contributed by atoms with E-state index < -0.39 is 13.8 Å². The molecule has 0 aromatic carbocycles. The van der Waals surface area contributed by atoms with Gasteiger partial charge in [-0.05, 0) is 0 Å². The molecule has 0 fully saturated rings. The van der Waals surface area contributed by atoms with Gasteiger partial charge >= 0.3 is 146 Å². The van der Waals surface area contributed by atoms with Crippen molar-refractivity contribution in [2.75, 3.05) is 0 Å². The van der Waals surface area contributed by atoms with Crippen LogP contribution in [0.25, 0.3) is 0 Å². The van der Waals surface area contributed by atoms with E-state index in [1.807, 2.05) is 0 Å². The van der Waals surface area contributed by atoms with E-state index in [2.05, 4.69) is 4.52 Å². The normalized spacial score (nSPS) is 7.91. The van der Waals surface area contributed by atoms with E-state index in [4.69, 9.17) is 9.79 Å². The quantitative estimate of drug-likeness (QED) is 0.353. The van der Waals surface area contributed by atoms with Crippen molar-refractivity contribution < 1.29 is 160 Å². The third kappa shape index (κ3) is 24.8. The monoisotopic (exact) mass is 244 g/mol. The van der Waals surface area contributed by atoms with Gasteiger partial charge in [0, 0.05) is 6.92 Å². The van der Waals surface area contributed by atoms with E-state index in [9.17, 15) is 9.36 Å². The summed E-state index contributed by atoms with van der Waals surface area (Å²) in [5, 5.41) is 0. The Kier molecular flexibility index (Phi) is 26.4. The summed E-state index contributed by atoms with van der Waals surface area (Å²) in [6.07, 6.45) is 0. The molecule has 0 aromatic heterocycles. The molecule has 11 heavy (non-hydrogen) atoms. The third-order valence-electron chi connectivity index (χ3n) is 0.247.